The van der Waals surface area contributed by atoms with Gasteiger partial charge in [0.2, 0.25) is 0 Å². The second-order valence-corrected chi connectivity index (χ2v) is 5.94. The summed E-state index contributed by atoms with van der Waals surface area (Å²) in [6, 6.07) is 8.12. The highest BCUT2D eigenvalue weighted by Crippen LogP contribution is 2.25. The van der Waals surface area contributed by atoms with Gasteiger partial charge in [0.05, 0.1) is 6.61 Å². The molecule has 2 nitrogen and oxygen atoms in total. The Labute approximate surface area is 112 Å². The molecule has 4 heteroatoms. The first-order valence-electron chi connectivity index (χ1n) is 5.97. The van der Waals surface area contributed by atoms with Gasteiger partial charge in [-0.1, -0.05) is 17.7 Å². The van der Waals surface area contributed by atoms with Crippen LogP contribution in [0.25, 0.3) is 0 Å². The zero-order valence-corrected chi connectivity index (χ0v) is 11.3. The number of hydrogen-bond donors (Lipinski definition) is 1. The molecule has 0 bridgehead atoms. The van der Waals surface area contributed by atoms with Gasteiger partial charge in [-0.05, 0) is 37.0 Å². The molecular weight excluding hydrogens is 254 g/mol. The molecule has 0 saturated carbocycles. The Balaban J connectivity index is 1.80. The van der Waals surface area contributed by atoms with Crippen molar-refractivity contribution in [2.45, 2.75) is 23.8 Å². The maximum atomic E-state index is 6.20. The average Bonchev–Trinajstić information content (AvgIpc) is 2.37. The van der Waals surface area contributed by atoms with Gasteiger partial charge in [0.25, 0.3) is 0 Å². The van der Waals surface area contributed by atoms with Crippen LogP contribution in [0.2, 0.25) is 5.02 Å². The quantitative estimate of drug-likeness (QED) is 0.855. The van der Waals surface area contributed by atoms with E-state index in [-0.39, 0.29) is 6.04 Å². The summed E-state index contributed by atoms with van der Waals surface area (Å²) >= 11 is 7.72. The Morgan fingerprint density at radius 2 is 2.41 bits per heavy atom. The predicted molar refractivity (Wildman–Crippen MR) is 73.7 cm³/mol. The second kappa shape index (κ2) is 6.64. The standard InChI is InChI=1S/C13H18ClNOS/c14-11-4-1-5-12(7-11)17-9-13(15)10-3-2-6-16-8-10/h1,4-5,7,10,13H,2-3,6,8-9,15H2. The Morgan fingerprint density at radius 3 is 3.12 bits per heavy atom. The van der Waals surface area contributed by atoms with E-state index in [2.05, 4.69) is 6.07 Å². The summed E-state index contributed by atoms with van der Waals surface area (Å²) in [5, 5.41) is 0.782. The molecule has 0 radical (unpaired) electrons. The molecule has 1 aromatic carbocycles. The van der Waals surface area contributed by atoms with Gasteiger partial charge in [-0.25, -0.2) is 0 Å². The van der Waals surface area contributed by atoms with E-state index in [9.17, 15) is 0 Å². The summed E-state index contributed by atoms with van der Waals surface area (Å²) < 4.78 is 5.46. The smallest absolute Gasteiger partial charge is 0.0509 e. The summed E-state index contributed by atoms with van der Waals surface area (Å²) in [6.45, 7) is 1.71. The third-order valence-electron chi connectivity index (χ3n) is 3.04. The monoisotopic (exact) mass is 271 g/mol. The van der Waals surface area contributed by atoms with Gasteiger partial charge < -0.3 is 10.5 Å². The lowest BCUT2D eigenvalue weighted by Gasteiger charge is -2.27. The zero-order chi connectivity index (χ0) is 12.1. The van der Waals surface area contributed by atoms with Crippen molar-refractivity contribution in [1.82, 2.24) is 0 Å². The van der Waals surface area contributed by atoms with Gasteiger partial charge in [0.1, 0.15) is 0 Å². The Morgan fingerprint density at radius 1 is 1.53 bits per heavy atom. The lowest BCUT2D eigenvalue weighted by Crippen LogP contribution is -2.37. The van der Waals surface area contributed by atoms with Crippen molar-refractivity contribution < 1.29 is 4.74 Å². The number of nitrogens with two attached hydrogens (primary N) is 1. The Bertz CT molecular complexity index is 355. The molecule has 1 aromatic rings. The summed E-state index contributed by atoms with van der Waals surface area (Å²) in [5.74, 6) is 1.43. The summed E-state index contributed by atoms with van der Waals surface area (Å²) in [7, 11) is 0. The predicted octanol–water partition coefficient (Wildman–Crippen LogP) is 3.19. The van der Waals surface area contributed by atoms with Crippen LogP contribution in [0, 0.1) is 5.92 Å². The van der Waals surface area contributed by atoms with Crippen molar-refractivity contribution >= 4 is 23.4 Å². The van der Waals surface area contributed by atoms with Crippen LogP contribution in [0.4, 0.5) is 0 Å². The molecule has 2 atom stereocenters. The normalized spacial score (nSPS) is 22.4. The highest BCUT2D eigenvalue weighted by Gasteiger charge is 2.21. The van der Waals surface area contributed by atoms with Gasteiger partial charge in [-0.3, -0.25) is 0 Å². The first kappa shape index (κ1) is 13.2. The maximum Gasteiger partial charge on any atom is 0.0509 e. The molecule has 1 aliphatic rings. The largest absolute Gasteiger partial charge is 0.381 e. The third-order valence-corrected chi connectivity index (χ3v) is 4.41. The zero-order valence-electron chi connectivity index (χ0n) is 9.77. The lowest BCUT2D eigenvalue weighted by atomic mass is 9.96. The van der Waals surface area contributed by atoms with Gasteiger partial charge in [-0.15, -0.1) is 11.8 Å². The van der Waals surface area contributed by atoms with Crippen molar-refractivity contribution in [1.29, 1.82) is 0 Å². The molecule has 94 valence electrons. The minimum atomic E-state index is 0.208. The third kappa shape index (κ3) is 4.18. The van der Waals surface area contributed by atoms with Crippen molar-refractivity contribution in [3.8, 4) is 0 Å². The van der Waals surface area contributed by atoms with Crippen LogP contribution >= 0.6 is 23.4 Å². The molecule has 1 aliphatic heterocycles. The van der Waals surface area contributed by atoms with E-state index in [4.69, 9.17) is 22.1 Å². The molecule has 0 aromatic heterocycles. The topological polar surface area (TPSA) is 35.2 Å². The second-order valence-electron chi connectivity index (χ2n) is 4.41. The summed E-state index contributed by atoms with van der Waals surface area (Å²) in [6.07, 6.45) is 2.33. The summed E-state index contributed by atoms with van der Waals surface area (Å²) in [4.78, 5) is 1.18. The molecule has 0 aliphatic carbocycles. The molecule has 0 spiro atoms. The van der Waals surface area contributed by atoms with Gasteiger partial charge >= 0.3 is 0 Å². The highest BCUT2D eigenvalue weighted by molar-refractivity contribution is 7.99. The first-order valence-corrected chi connectivity index (χ1v) is 7.34. The number of thioether (sulfide) groups is 1. The van der Waals surface area contributed by atoms with E-state index >= 15 is 0 Å². The van der Waals surface area contributed by atoms with E-state index in [1.165, 1.54) is 11.3 Å². The minimum absolute atomic E-state index is 0.208. The number of halogens is 1. The van der Waals surface area contributed by atoms with E-state index in [0.29, 0.717) is 5.92 Å². The van der Waals surface area contributed by atoms with E-state index in [0.717, 1.165) is 30.4 Å². The maximum absolute atomic E-state index is 6.20. The number of benzene rings is 1. The number of hydrogen-bond acceptors (Lipinski definition) is 3. The molecule has 2 N–H and O–H groups in total. The van der Waals surface area contributed by atoms with Crippen LogP contribution < -0.4 is 5.73 Å². The lowest BCUT2D eigenvalue weighted by molar-refractivity contribution is 0.0478. The molecule has 0 amide bonds. The summed E-state index contributed by atoms with van der Waals surface area (Å²) in [5.41, 5.74) is 6.20. The first-order chi connectivity index (χ1) is 8.25. The molecule has 1 saturated heterocycles. The van der Waals surface area contributed by atoms with Gasteiger partial charge in [0.15, 0.2) is 0 Å². The van der Waals surface area contributed by atoms with Crippen LogP contribution in [-0.2, 0) is 4.74 Å². The van der Waals surface area contributed by atoms with Gasteiger partial charge in [-0.2, -0.15) is 0 Å². The Hall–Kier alpha value is -0.220. The molecule has 1 heterocycles. The fourth-order valence-corrected chi connectivity index (χ4v) is 3.29. The van der Waals surface area contributed by atoms with Crippen LogP contribution in [-0.4, -0.2) is 25.0 Å². The van der Waals surface area contributed by atoms with Crippen molar-refractivity contribution in [3.63, 3.8) is 0 Å². The van der Waals surface area contributed by atoms with E-state index in [1.807, 2.05) is 18.2 Å². The van der Waals surface area contributed by atoms with Crippen LogP contribution in [0.3, 0.4) is 0 Å². The minimum Gasteiger partial charge on any atom is -0.381 e. The van der Waals surface area contributed by atoms with Crippen molar-refractivity contribution in [2.24, 2.45) is 11.7 Å². The molecule has 1 fully saturated rings. The SMILES string of the molecule is NC(CSc1cccc(Cl)c1)C1CCCOC1. The molecule has 2 unspecified atom stereocenters. The van der Waals surface area contributed by atoms with Crippen LogP contribution in [0.5, 0.6) is 0 Å². The molecule has 2 rings (SSSR count). The molecule has 17 heavy (non-hydrogen) atoms. The molecular formula is C13H18ClNOS. The number of ether oxygens (including phenoxy) is 1. The fourth-order valence-electron chi connectivity index (χ4n) is 1.99. The Kier molecular flexibility index (Phi) is 5.16. The van der Waals surface area contributed by atoms with Crippen LogP contribution in [0.15, 0.2) is 29.2 Å². The van der Waals surface area contributed by atoms with E-state index < -0.39 is 0 Å². The van der Waals surface area contributed by atoms with Gasteiger partial charge in [0, 0.05) is 28.3 Å². The van der Waals surface area contributed by atoms with Crippen molar-refractivity contribution in [3.05, 3.63) is 29.3 Å². The van der Waals surface area contributed by atoms with Crippen LogP contribution in [0.1, 0.15) is 12.8 Å². The highest BCUT2D eigenvalue weighted by atomic mass is 35.5. The fraction of sp³-hybridized carbons (Fsp3) is 0.538. The van der Waals surface area contributed by atoms with E-state index in [1.54, 1.807) is 11.8 Å². The number of rotatable bonds is 4. The average molecular weight is 272 g/mol. The van der Waals surface area contributed by atoms with Crippen molar-refractivity contribution in [2.75, 3.05) is 19.0 Å².